The van der Waals surface area contributed by atoms with Crippen LogP contribution in [0.3, 0.4) is 0 Å². The monoisotopic (exact) mass is 226 g/mol. The summed E-state index contributed by atoms with van der Waals surface area (Å²) in [7, 11) is 3.35. The molecule has 1 aliphatic rings. The van der Waals surface area contributed by atoms with E-state index in [2.05, 4.69) is 4.99 Å². The molecule has 16 heavy (non-hydrogen) atoms. The van der Waals surface area contributed by atoms with Crippen LogP contribution in [0, 0.1) is 0 Å². The molecule has 0 saturated heterocycles. The van der Waals surface area contributed by atoms with Gasteiger partial charge < -0.3 is 15.5 Å². The average Bonchev–Trinajstić information content (AvgIpc) is 2.45. The number of urea groups is 1. The number of carbonyl (C=O) groups is 2. The highest BCUT2D eigenvalue weighted by atomic mass is 16.2. The van der Waals surface area contributed by atoms with Crippen LogP contribution in [-0.2, 0) is 4.79 Å². The molecule has 0 radical (unpaired) electrons. The lowest BCUT2D eigenvalue weighted by Gasteiger charge is -2.24. The minimum Gasteiger partial charge on any atom is -0.385 e. The average molecular weight is 226 g/mol. The zero-order chi connectivity index (χ0) is 12.3. The molecule has 2 N–H and O–H groups in total. The van der Waals surface area contributed by atoms with Crippen LogP contribution < -0.4 is 5.73 Å². The molecule has 0 spiro atoms. The lowest BCUT2D eigenvalue weighted by Crippen LogP contribution is -2.44. The maximum absolute atomic E-state index is 11.6. The molecule has 0 bridgehead atoms. The second-order valence-electron chi connectivity index (χ2n) is 4.02. The minimum absolute atomic E-state index is 0.0565. The Kier molecular flexibility index (Phi) is 3.87. The third-order valence-corrected chi connectivity index (χ3v) is 2.52. The molecule has 0 saturated carbocycles. The highest BCUT2D eigenvalue weighted by Gasteiger charge is 2.34. The molecule has 0 aromatic rings. The number of nitrogens with two attached hydrogens (primary N) is 1. The molecule has 0 fully saturated rings. The van der Waals surface area contributed by atoms with Crippen molar-refractivity contribution in [2.75, 3.05) is 20.6 Å². The minimum atomic E-state index is -0.373. The summed E-state index contributed by atoms with van der Waals surface area (Å²) in [5, 5.41) is 0. The Labute approximate surface area is 95.1 Å². The lowest BCUT2D eigenvalue weighted by molar-refractivity contribution is -0.129. The van der Waals surface area contributed by atoms with E-state index in [4.69, 9.17) is 5.73 Å². The molecule has 1 aliphatic heterocycles. The first kappa shape index (κ1) is 12.5. The molecule has 6 heteroatoms. The van der Waals surface area contributed by atoms with Crippen molar-refractivity contribution in [1.82, 2.24) is 9.80 Å². The Morgan fingerprint density at radius 3 is 2.69 bits per heavy atom. The second kappa shape index (κ2) is 4.96. The molecule has 1 heterocycles. The number of amidine groups is 1. The van der Waals surface area contributed by atoms with Gasteiger partial charge in [0.05, 0.1) is 12.5 Å². The van der Waals surface area contributed by atoms with Crippen LogP contribution in [0.1, 0.15) is 19.8 Å². The molecule has 6 nitrogen and oxygen atoms in total. The zero-order valence-corrected chi connectivity index (χ0v) is 9.93. The quantitative estimate of drug-likeness (QED) is 0.734. The maximum atomic E-state index is 11.6. The first-order valence-electron chi connectivity index (χ1n) is 5.32. The Morgan fingerprint density at radius 2 is 2.19 bits per heavy atom. The van der Waals surface area contributed by atoms with Crippen molar-refractivity contribution in [3.63, 3.8) is 0 Å². The van der Waals surface area contributed by atoms with Crippen molar-refractivity contribution < 1.29 is 9.59 Å². The van der Waals surface area contributed by atoms with Gasteiger partial charge in [0.15, 0.2) is 0 Å². The van der Waals surface area contributed by atoms with Gasteiger partial charge in [-0.2, -0.15) is 4.99 Å². The summed E-state index contributed by atoms with van der Waals surface area (Å²) in [6.07, 6.45) is 1.02. The molecular formula is C10H18N4O2. The highest BCUT2D eigenvalue weighted by Crippen LogP contribution is 2.15. The number of rotatable bonds is 4. The summed E-state index contributed by atoms with van der Waals surface area (Å²) >= 11 is 0. The van der Waals surface area contributed by atoms with E-state index in [1.54, 1.807) is 19.0 Å². The van der Waals surface area contributed by atoms with E-state index >= 15 is 0 Å². The number of aliphatic imine (C=N–C) groups is 1. The normalized spacial score (nSPS) is 19.9. The standard InChI is InChI=1S/C10H18N4O2/c1-4-5-14-7(6-8(15)13(2)3)9(11)12-10(14)16/h7H,4-6H2,1-3H3,(H2,11,12,16). The van der Waals surface area contributed by atoms with E-state index in [0.29, 0.717) is 6.54 Å². The molecule has 0 aliphatic carbocycles. The van der Waals surface area contributed by atoms with Gasteiger partial charge in [0.1, 0.15) is 5.84 Å². The summed E-state index contributed by atoms with van der Waals surface area (Å²) < 4.78 is 0. The van der Waals surface area contributed by atoms with Crippen molar-refractivity contribution in [3.8, 4) is 0 Å². The molecule has 3 amide bonds. The van der Waals surface area contributed by atoms with Crippen LogP contribution in [0.5, 0.6) is 0 Å². The highest BCUT2D eigenvalue weighted by molar-refractivity contribution is 6.04. The summed E-state index contributed by atoms with van der Waals surface area (Å²) in [4.78, 5) is 29.8. The van der Waals surface area contributed by atoms with Gasteiger partial charge in [0.2, 0.25) is 5.91 Å². The fourth-order valence-corrected chi connectivity index (χ4v) is 1.60. The van der Waals surface area contributed by atoms with Crippen molar-refractivity contribution >= 4 is 17.8 Å². The van der Waals surface area contributed by atoms with E-state index in [1.807, 2.05) is 6.92 Å². The summed E-state index contributed by atoms with van der Waals surface area (Å²) in [5.74, 6) is 0.188. The fraction of sp³-hybridized carbons (Fsp3) is 0.700. The smallest absolute Gasteiger partial charge is 0.345 e. The van der Waals surface area contributed by atoms with Crippen LogP contribution in [-0.4, -0.2) is 54.3 Å². The van der Waals surface area contributed by atoms with Crippen LogP contribution in [0.4, 0.5) is 4.79 Å². The molecule has 1 rings (SSSR count). The fourth-order valence-electron chi connectivity index (χ4n) is 1.60. The topological polar surface area (TPSA) is 79.0 Å². The molecular weight excluding hydrogens is 208 g/mol. The van der Waals surface area contributed by atoms with Gasteiger partial charge in [-0.15, -0.1) is 0 Å². The molecule has 0 aromatic carbocycles. The number of hydrogen-bond donors (Lipinski definition) is 1. The van der Waals surface area contributed by atoms with Crippen molar-refractivity contribution in [1.29, 1.82) is 0 Å². The van der Waals surface area contributed by atoms with Crippen molar-refractivity contribution in [3.05, 3.63) is 0 Å². The first-order valence-corrected chi connectivity index (χ1v) is 5.32. The van der Waals surface area contributed by atoms with Crippen LogP contribution in [0.25, 0.3) is 0 Å². The van der Waals surface area contributed by atoms with Crippen molar-refractivity contribution in [2.45, 2.75) is 25.8 Å². The molecule has 1 unspecified atom stereocenters. The third kappa shape index (κ3) is 2.50. The van der Waals surface area contributed by atoms with E-state index < -0.39 is 0 Å². The number of amides is 3. The van der Waals surface area contributed by atoms with E-state index in [9.17, 15) is 9.59 Å². The second-order valence-corrected chi connectivity index (χ2v) is 4.02. The van der Waals surface area contributed by atoms with Crippen LogP contribution in [0.15, 0.2) is 4.99 Å². The van der Waals surface area contributed by atoms with E-state index in [0.717, 1.165) is 6.42 Å². The van der Waals surface area contributed by atoms with Crippen LogP contribution in [0.2, 0.25) is 0 Å². The van der Waals surface area contributed by atoms with Gasteiger partial charge in [-0.3, -0.25) is 4.79 Å². The van der Waals surface area contributed by atoms with Crippen LogP contribution >= 0.6 is 0 Å². The number of carbonyl (C=O) groups excluding carboxylic acids is 2. The Hall–Kier alpha value is -1.59. The van der Waals surface area contributed by atoms with Crippen molar-refractivity contribution in [2.24, 2.45) is 10.7 Å². The van der Waals surface area contributed by atoms with Gasteiger partial charge in [-0.05, 0) is 6.42 Å². The number of hydrogen-bond acceptors (Lipinski definition) is 3. The Bertz CT molecular complexity index is 325. The van der Waals surface area contributed by atoms with E-state index in [1.165, 1.54) is 4.90 Å². The summed E-state index contributed by atoms with van der Waals surface area (Å²) in [5.41, 5.74) is 5.66. The SMILES string of the molecule is CCCN1C(=O)N=C(N)C1CC(=O)N(C)C. The van der Waals surface area contributed by atoms with Gasteiger partial charge >= 0.3 is 6.03 Å². The van der Waals surface area contributed by atoms with Gasteiger partial charge in [-0.1, -0.05) is 6.92 Å². The molecule has 1 atom stereocenters. The molecule has 90 valence electrons. The maximum Gasteiger partial charge on any atom is 0.345 e. The largest absolute Gasteiger partial charge is 0.385 e. The summed E-state index contributed by atoms with van der Waals surface area (Å²) in [6, 6.07) is -0.710. The predicted molar refractivity (Wildman–Crippen MR) is 61.1 cm³/mol. The van der Waals surface area contributed by atoms with Gasteiger partial charge in [0.25, 0.3) is 0 Å². The summed E-state index contributed by atoms with van der Waals surface area (Å²) in [6.45, 7) is 2.54. The Balaban J connectivity index is 2.72. The number of nitrogens with zero attached hydrogens (tertiary/aromatic N) is 3. The molecule has 0 aromatic heterocycles. The lowest BCUT2D eigenvalue weighted by atomic mass is 10.1. The first-order chi connectivity index (χ1) is 7.47. The third-order valence-electron chi connectivity index (χ3n) is 2.52. The van der Waals surface area contributed by atoms with Gasteiger partial charge in [0, 0.05) is 20.6 Å². The van der Waals surface area contributed by atoms with E-state index in [-0.39, 0.29) is 30.2 Å². The zero-order valence-electron chi connectivity index (χ0n) is 9.93. The van der Waals surface area contributed by atoms with Gasteiger partial charge in [-0.25, -0.2) is 4.79 Å². The Morgan fingerprint density at radius 1 is 1.56 bits per heavy atom. The predicted octanol–water partition coefficient (Wildman–Crippen LogP) is 0.0361.